The summed E-state index contributed by atoms with van der Waals surface area (Å²) in [7, 11) is 0. The molecule has 1 fully saturated rings. The Morgan fingerprint density at radius 3 is 2.69 bits per heavy atom. The maximum atomic E-state index is 5.76. The summed E-state index contributed by atoms with van der Waals surface area (Å²) in [5.41, 5.74) is 7.06. The van der Waals surface area contributed by atoms with Crippen molar-refractivity contribution in [2.24, 2.45) is 15.7 Å². The smallest absolute Gasteiger partial charge is 0.232 e. The fraction of sp³-hybridized carbons (Fsp3) is 0.560. The van der Waals surface area contributed by atoms with E-state index in [-0.39, 0.29) is 5.41 Å². The van der Waals surface area contributed by atoms with E-state index in [1.807, 2.05) is 13.8 Å². The Morgan fingerprint density at radius 1 is 1.12 bits per heavy atom. The molecule has 4 rings (SSSR count). The van der Waals surface area contributed by atoms with Crippen molar-refractivity contribution >= 4 is 11.4 Å². The first-order valence-corrected chi connectivity index (χ1v) is 11.5. The maximum Gasteiger partial charge on any atom is 0.232 e. The van der Waals surface area contributed by atoms with E-state index >= 15 is 0 Å². The molecule has 2 heterocycles. The predicted molar refractivity (Wildman–Crippen MR) is 124 cm³/mol. The van der Waals surface area contributed by atoms with E-state index in [1.54, 1.807) is 0 Å². The molecule has 32 heavy (non-hydrogen) atoms. The molecule has 0 aromatic carbocycles. The molecule has 0 aliphatic heterocycles. The van der Waals surface area contributed by atoms with E-state index in [0.717, 1.165) is 47.7 Å². The van der Waals surface area contributed by atoms with Gasteiger partial charge in [-0.1, -0.05) is 24.2 Å². The second kappa shape index (κ2) is 9.35. The molecule has 0 unspecified atom stereocenters. The summed E-state index contributed by atoms with van der Waals surface area (Å²) in [6.07, 6.45) is 5.52. The zero-order valence-corrected chi connectivity index (χ0v) is 19.9. The minimum absolute atomic E-state index is 0.242. The number of oxime groups is 2. The van der Waals surface area contributed by atoms with Crippen molar-refractivity contribution in [3.8, 4) is 0 Å². The molecular weight excluding hydrogens is 402 g/mol. The molecule has 2 aliphatic carbocycles. The Labute approximate surface area is 190 Å². The molecule has 1 N–H and O–H groups in total. The number of rotatable bonds is 8. The van der Waals surface area contributed by atoms with Gasteiger partial charge >= 0.3 is 0 Å². The van der Waals surface area contributed by atoms with Gasteiger partial charge < -0.3 is 9.68 Å². The van der Waals surface area contributed by atoms with Crippen LogP contribution in [-0.2, 0) is 16.1 Å². The SMILES string of the molecule is C/C(=N\OCC(C)(C)CO/N=C1\CCCc2ccc(C)[nH+]c21)c1nc(C)cc(C2CC2)n1. The normalized spacial score (nSPS) is 17.9. The van der Waals surface area contributed by atoms with Crippen molar-refractivity contribution in [3.63, 3.8) is 0 Å². The number of nitrogens with zero attached hydrogens (tertiary/aromatic N) is 4. The van der Waals surface area contributed by atoms with Crippen molar-refractivity contribution in [2.75, 3.05) is 13.2 Å². The number of H-pyrrole nitrogens is 1. The summed E-state index contributed by atoms with van der Waals surface area (Å²) in [5, 5.41) is 8.73. The summed E-state index contributed by atoms with van der Waals surface area (Å²) >= 11 is 0. The van der Waals surface area contributed by atoms with Crippen LogP contribution in [0.3, 0.4) is 0 Å². The largest absolute Gasteiger partial charge is 0.395 e. The van der Waals surface area contributed by atoms with Crippen molar-refractivity contribution in [3.05, 3.63) is 52.4 Å². The quantitative estimate of drug-likeness (QED) is 0.456. The number of pyridine rings is 1. The van der Waals surface area contributed by atoms with E-state index in [2.05, 4.69) is 64.2 Å². The average Bonchev–Trinajstić information content (AvgIpc) is 3.59. The maximum absolute atomic E-state index is 5.76. The summed E-state index contributed by atoms with van der Waals surface area (Å²) in [6, 6.07) is 6.36. The average molecular weight is 437 g/mol. The fourth-order valence-electron chi connectivity index (χ4n) is 3.77. The number of aryl methyl sites for hydroxylation is 3. The zero-order valence-electron chi connectivity index (χ0n) is 19.9. The molecule has 0 atom stereocenters. The Balaban J connectivity index is 1.32. The number of fused-ring (bicyclic) bond motifs is 1. The van der Waals surface area contributed by atoms with Crippen LogP contribution in [0.1, 0.15) is 86.5 Å². The summed E-state index contributed by atoms with van der Waals surface area (Å²) in [6.45, 7) is 11.0. The van der Waals surface area contributed by atoms with Crippen LogP contribution >= 0.6 is 0 Å². The molecule has 2 aromatic rings. The third-order valence-electron chi connectivity index (χ3n) is 5.81. The molecular formula is C25H34N5O2+. The Kier molecular flexibility index (Phi) is 6.53. The van der Waals surface area contributed by atoms with Gasteiger partial charge in [-0.15, -0.1) is 0 Å². The highest BCUT2D eigenvalue weighted by Crippen LogP contribution is 2.39. The first kappa shape index (κ1) is 22.4. The van der Waals surface area contributed by atoms with Crippen molar-refractivity contribution in [1.82, 2.24) is 9.97 Å². The molecule has 0 spiro atoms. The van der Waals surface area contributed by atoms with Gasteiger partial charge in [-0.3, -0.25) is 0 Å². The Morgan fingerprint density at radius 2 is 1.91 bits per heavy atom. The number of aromatic amines is 1. The topological polar surface area (TPSA) is 83.1 Å². The van der Waals surface area contributed by atoms with Gasteiger partial charge in [-0.2, -0.15) is 0 Å². The molecule has 0 bridgehead atoms. The molecule has 170 valence electrons. The van der Waals surface area contributed by atoms with Crippen molar-refractivity contribution in [1.29, 1.82) is 0 Å². The molecule has 7 nitrogen and oxygen atoms in total. The number of aromatic nitrogens is 3. The molecule has 0 amide bonds. The van der Waals surface area contributed by atoms with Gasteiger partial charge in [0.1, 0.15) is 18.9 Å². The number of hydrogen-bond acceptors (Lipinski definition) is 6. The third kappa shape index (κ3) is 5.69. The molecule has 0 radical (unpaired) electrons. The van der Waals surface area contributed by atoms with Crippen LogP contribution in [0, 0.1) is 19.3 Å². The molecule has 0 saturated heterocycles. The van der Waals surface area contributed by atoms with Crippen molar-refractivity contribution < 1.29 is 14.7 Å². The van der Waals surface area contributed by atoms with Crippen LogP contribution in [-0.4, -0.2) is 34.6 Å². The standard InChI is InChI=1S/C25H33N5O2/c1-16-9-10-20-7-6-8-21(23(20)26-16)30-32-15-25(4,5)14-31-29-18(3)24-27-17(2)13-22(28-24)19-11-12-19/h9-10,13,19H,6-8,11-12,14-15H2,1-5H3/p+1/b29-18+,30-21+. The van der Waals surface area contributed by atoms with E-state index < -0.39 is 0 Å². The van der Waals surface area contributed by atoms with Crippen LogP contribution in [0.4, 0.5) is 0 Å². The fourth-order valence-corrected chi connectivity index (χ4v) is 3.77. The summed E-state index contributed by atoms with van der Waals surface area (Å²) in [4.78, 5) is 24.0. The highest BCUT2D eigenvalue weighted by molar-refractivity contribution is 5.99. The third-order valence-corrected chi connectivity index (χ3v) is 5.81. The highest BCUT2D eigenvalue weighted by atomic mass is 16.6. The lowest BCUT2D eigenvalue weighted by atomic mass is 9.94. The first-order chi connectivity index (χ1) is 15.3. The highest BCUT2D eigenvalue weighted by Gasteiger charge is 2.27. The van der Waals surface area contributed by atoms with E-state index in [9.17, 15) is 0 Å². The van der Waals surface area contributed by atoms with Crippen LogP contribution in [0.25, 0.3) is 0 Å². The number of hydrogen-bond donors (Lipinski definition) is 0. The van der Waals surface area contributed by atoms with Crippen LogP contribution in [0.2, 0.25) is 0 Å². The van der Waals surface area contributed by atoms with E-state index in [1.165, 1.54) is 18.4 Å². The summed E-state index contributed by atoms with van der Waals surface area (Å²) < 4.78 is 0. The van der Waals surface area contributed by atoms with Crippen LogP contribution in [0.5, 0.6) is 0 Å². The first-order valence-electron chi connectivity index (χ1n) is 11.5. The van der Waals surface area contributed by atoms with Crippen LogP contribution in [0.15, 0.2) is 28.5 Å². The van der Waals surface area contributed by atoms with Crippen molar-refractivity contribution in [2.45, 2.75) is 72.6 Å². The Hall–Kier alpha value is -2.83. The van der Waals surface area contributed by atoms with Gasteiger partial charge in [0.15, 0.2) is 17.2 Å². The second-order valence-corrected chi connectivity index (χ2v) is 9.85. The minimum Gasteiger partial charge on any atom is -0.395 e. The van der Waals surface area contributed by atoms with Gasteiger partial charge in [0.2, 0.25) is 5.69 Å². The molecule has 2 aliphatic rings. The van der Waals surface area contributed by atoms with E-state index in [4.69, 9.17) is 9.68 Å². The Bertz CT molecular complexity index is 1040. The molecule has 7 heteroatoms. The monoisotopic (exact) mass is 436 g/mol. The summed E-state index contributed by atoms with van der Waals surface area (Å²) in [5.74, 6) is 1.23. The minimum atomic E-state index is -0.242. The second-order valence-electron chi connectivity index (χ2n) is 9.85. The molecule has 2 aromatic heterocycles. The van der Waals surface area contributed by atoms with Gasteiger partial charge in [0.05, 0.1) is 0 Å². The lowest BCUT2D eigenvalue weighted by Crippen LogP contribution is -2.27. The predicted octanol–water partition coefficient (Wildman–Crippen LogP) is 4.31. The van der Waals surface area contributed by atoms with E-state index in [0.29, 0.717) is 30.7 Å². The molecule has 1 saturated carbocycles. The lowest BCUT2D eigenvalue weighted by Gasteiger charge is -2.21. The van der Waals surface area contributed by atoms with Crippen LogP contribution < -0.4 is 4.98 Å². The van der Waals surface area contributed by atoms with Gasteiger partial charge in [-0.25, -0.2) is 15.0 Å². The zero-order chi connectivity index (χ0) is 22.7. The van der Waals surface area contributed by atoms with Gasteiger partial charge in [-0.05, 0) is 51.7 Å². The van der Waals surface area contributed by atoms with Gasteiger partial charge in [0.25, 0.3) is 0 Å². The lowest BCUT2D eigenvalue weighted by molar-refractivity contribution is -0.391. The van der Waals surface area contributed by atoms with Gasteiger partial charge in [0, 0.05) is 47.7 Å². The number of nitrogens with one attached hydrogen (secondary N) is 1.